The Bertz CT molecular complexity index is 402. The molecular weight excluding hydrogens is 320 g/mol. The number of carbonyl (C=O) groups excluding carboxylic acids is 1. The van der Waals surface area contributed by atoms with Gasteiger partial charge in [-0.1, -0.05) is 0 Å². The lowest BCUT2D eigenvalue weighted by molar-refractivity contribution is -0.295. The van der Waals surface area contributed by atoms with E-state index in [0.717, 1.165) is 0 Å². The largest absolute Gasteiger partial charge is 0.394 e. The molecule has 1 saturated heterocycles. The molecular formula is C12H22O11. The molecule has 0 saturated carbocycles. The van der Waals surface area contributed by atoms with Gasteiger partial charge in [0.2, 0.25) is 0 Å². The maximum absolute atomic E-state index is 11.2. The first-order valence-electron chi connectivity index (χ1n) is 6.79. The summed E-state index contributed by atoms with van der Waals surface area (Å²) in [7, 11) is 0. The summed E-state index contributed by atoms with van der Waals surface area (Å²) >= 11 is 0. The number of aliphatic hydroxyl groups is 9. The molecule has 0 aromatic carbocycles. The van der Waals surface area contributed by atoms with E-state index < -0.39 is 73.9 Å². The highest BCUT2D eigenvalue weighted by Gasteiger charge is 2.57. The van der Waals surface area contributed by atoms with E-state index >= 15 is 0 Å². The van der Waals surface area contributed by atoms with Crippen LogP contribution in [0.3, 0.4) is 0 Å². The van der Waals surface area contributed by atoms with Gasteiger partial charge < -0.3 is 50.7 Å². The van der Waals surface area contributed by atoms with Crippen LogP contribution in [0.5, 0.6) is 0 Å². The van der Waals surface area contributed by atoms with Gasteiger partial charge in [-0.15, -0.1) is 0 Å². The Morgan fingerprint density at radius 2 is 1.61 bits per heavy atom. The van der Waals surface area contributed by atoms with Gasteiger partial charge in [0, 0.05) is 0 Å². The molecule has 23 heavy (non-hydrogen) atoms. The molecule has 1 fully saturated rings. The van der Waals surface area contributed by atoms with Crippen molar-refractivity contribution in [3.63, 3.8) is 0 Å². The Kier molecular flexibility index (Phi) is 6.97. The molecule has 8 atom stereocenters. The highest BCUT2D eigenvalue weighted by atomic mass is 16.6. The molecule has 1 heterocycles. The van der Waals surface area contributed by atoms with Crippen molar-refractivity contribution in [1.29, 1.82) is 0 Å². The number of hydrogen-bond donors (Lipinski definition) is 9. The van der Waals surface area contributed by atoms with Crippen LogP contribution in [-0.4, -0.2) is 120 Å². The summed E-state index contributed by atoms with van der Waals surface area (Å²) in [6, 6.07) is 0. The van der Waals surface area contributed by atoms with Crippen molar-refractivity contribution < 1.29 is 55.5 Å². The van der Waals surface area contributed by atoms with Gasteiger partial charge in [-0.25, -0.2) is 0 Å². The second kappa shape index (κ2) is 7.90. The van der Waals surface area contributed by atoms with Gasteiger partial charge >= 0.3 is 0 Å². The second-order valence-electron chi connectivity index (χ2n) is 5.41. The molecule has 0 spiro atoms. The molecule has 11 nitrogen and oxygen atoms in total. The minimum absolute atomic E-state index is 0.822. The third kappa shape index (κ3) is 3.69. The van der Waals surface area contributed by atoms with E-state index in [0.29, 0.717) is 0 Å². The van der Waals surface area contributed by atoms with E-state index in [4.69, 9.17) is 14.9 Å². The van der Waals surface area contributed by atoms with Crippen LogP contribution in [0.15, 0.2) is 0 Å². The molecule has 1 aliphatic heterocycles. The Morgan fingerprint density at radius 1 is 1.04 bits per heavy atom. The fraction of sp³-hybridized carbons (Fsp3) is 0.917. The van der Waals surface area contributed by atoms with Gasteiger partial charge in [-0.3, -0.25) is 4.79 Å². The van der Waals surface area contributed by atoms with E-state index in [1.807, 2.05) is 0 Å². The normalized spacial score (nSPS) is 37.0. The topological polar surface area (TPSA) is 208 Å². The summed E-state index contributed by atoms with van der Waals surface area (Å²) in [5, 5.41) is 86.2. The molecule has 0 aromatic heterocycles. The Labute approximate surface area is 130 Å². The van der Waals surface area contributed by atoms with Crippen LogP contribution in [0.1, 0.15) is 0 Å². The predicted molar refractivity (Wildman–Crippen MR) is 69.9 cm³/mol. The van der Waals surface area contributed by atoms with Crippen molar-refractivity contribution in [3.05, 3.63) is 0 Å². The predicted octanol–water partition coefficient (Wildman–Crippen LogP) is -6.16. The molecule has 0 amide bonds. The van der Waals surface area contributed by atoms with Gasteiger partial charge in [-0.05, 0) is 0 Å². The SMILES string of the molecule is O=C(CO)[C@@H](O)[C@H](O)[C@](O)(CO)C1O[C@H](CO)[C@@H](O)[C@H](O)[C@H]1O. The van der Waals surface area contributed by atoms with E-state index in [1.165, 1.54) is 0 Å². The lowest BCUT2D eigenvalue weighted by atomic mass is 9.79. The monoisotopic (exact) mass is 342 g/mol. The molecule has 136 valence electrons. The molecule has 1 unspecified atom stereocenters. The van der Waals surface area contributed by atoms with Crippen LogP contribution in [0.25, 0.3) is 0 Å². The first-order valence-corrected chi connectivity index (χ1v) is 6.79. The van der Waals surface area contributed by atoms with E-state index in [9.17, 15) is 40.5 Å². The fourth-order valence-electron chi connectivity index (χ4n) is 2.41. The Morgan fingerprint density at radius 3 is 2.04 bits per heavy atom. The molecule has 11 heteroatoms. The first-order chi connectivity index (χ1) is 10.6. The van der Waals surface area contributed by atoms with Crippen molar-refractivity contribution >= 4 is 5.78 Å². The third-order valence-corrected chi connectivity index (χ3v) is 3.94. The number of hydrogen-bond acceptors (Lipinski definition) is 11. The zero-order valence-corrected chi connectivity index (χ0v) is 12.0. The molecule has 0 aromatic rings. The van der Waals surface area contributed by atoms with E-state index in [-0.39, 0.29) is 0 Å². The van der Waals surface area contributed by atoms with Gasteiger partial charge in [-0.2, -0.15) is 0 Å². The van der Waals surface area contributed by atoms with Crippen molar-refractivity contribution in [2.45, 2.75) is 48.3 Å². The van der Waals surface area contributed by atoms with Gasteiger partial charge in [0.25, 0.3) is 0 Å². The highest BCUT2D eigenvalue weighted by Crippen LogP contribution is 2.31. The van der Waals surface area contributed by atoms with Crippen LogP contribution >= 0.6 is 0 Å². The number of aliphatic hydroxyl groups excluding tert-OH is 8. The van der Waals surface area contributed by atoms with Crippen molar-refractivity contribution in [2.75, 3.05) is 19.8 Å². The van der Waals surface area contributed by atoms with Gasteiger partial charge in [0.1, 0.15) is 54.9 Å². The zero-order chi connectivity index (χ0) is 17.9. The zero-order valence-electron chi connectivity index (χ0n) is 12.0. The lowest BCUT2D eigenvalue weighted by Crippen LogP contribution is -2.71. The third-order valence-electron chi connectivity index (χ3n) is 3.94. The van der Waals surface area contributed by atoms with Crippen LogP contribution in [0.2, 0.25) is 0 Å². The minimum atomic E-state index is -2.84. The van der Waals surface area contributed by atoms with Crippen molar-refractivity contribution in [2.24, 2.45) is 0 Å². The van der Waals surface area contributed by atoms with Crippen LogP contribution in [0.4, 0.5) is 0 Å². The standard InChI is InChI=1S/C12H22O11/c13-1-4(16)6(17)10(21)12(22,3-15)11-9(20)8(19)7(18)5(2-14)23-11/h5-11,13-15,17-22H,1-3H2/t5-,6-,7-,8+,9-,10+,11?,12-/m1/s1. The Balaban J connectivity index is 3.12. The highest BCUT2D eigenvalue weighted by molar-refractivity contribution is 5.84. The summed E-state index contributed by atoms with van der Waals surface area (Å²) < 4.78 is 5.01. The molecule has 0 bridgehead atoms. The molecule has 9 N–H and O–H groups in total. The van der Waals surface area contributed by atoms with E-state index in [1.54, 1.807) is 0 Å². The summed E-state index contributed by atoms with van der Waals surface area (Å²) in [5.74, 6) is -1.27. The average Bonchev–Trinajstić information content (AvgIpc) is 2.57. The number of Topliss-reactive ketones (excluding diaryl/α,β-unsaturated/α-hetero) is 1. The van der Waals surface area contributed by atoms with Gasteiger partial charge in [0.15, 0.2) is 5.78 Å². The molecule has 0 radical (unpaired) electrons. The Hall–Kier alpha value is -0.730. The number of carbonyl (C=O) groups is 1. The summed E-state index contributed by atoms with van der Waals surface area (Å²) in [4.78, 5) is 11.2. The smallest absolute Gasteiger partial charge is 0.189 e. The first kappa shape index (κ1) is 20.3. The lowest BCUT2D eigenvalue weighted by Gasteiger charge is -2.48. The van der Waals surface area contributed by atoms with E-state index in [2.05, 4.69) is 0 Å². The summed E-state index contributed by atoms with van der Waals surface area (Å²) in [6.07, 6.45) is -13.8. The summed E-state index contributed by atoms with van der Waals surface area (Å²) in [6.45, 7) is -3.29. The van der Waals surface area contributed by atoms with Crippen LogP contribution < -0.4 is 0 Å². The second-order valence-corrected chi connectivity index (χ2v) is 5.41. The van der Waals surface area contributed by atoms with Crippen LogP contribution in [0, 0.1) is 0 Å². The quantitative estimate of drug-likeness (QED) is 0.212. The van der Waals surface area contributed by atoms with Crippen molar-refractivity contribution in [1.82, 2.24) is 0 Å². The number of rotatable bonds is 7. The minimum Gasteiger partial charge on any atom is -0.394 e. The number of ketones is 1. The molecule has 0 aliphatic carbocycles. The average molecular weight is 342 g/mol. The maximum atomic E-state index is 11.2. The fourth-order valence-corrected chi connectivity index (χ4v) is 2.41. The van der Waals surface area contributed by atoms with Gasteiger partial charge in [0.05, 0.1) is 13.2 Å². The molecule has 1 aliphatic rings. The number of ether oxygens (including phenoxy) is 1. The maximum Gasteiger partial charge on any atom is 0.189 e. The van der Waals surface area contributed by atoms with Crippen LogP contribution in [-0.2, 0) is 9.53 Å². The summed E-state index contributed by atoms with van der Waals surface area (Å²) in [5.41, 5.74) is -2.84. The molecule has 1 rings (SSSR count). The van der Waals surface area contributed by atoms with Crippen molar-refractivity contribution in [3.8, 4) is 0 Å².